The van der Waals surface area contributed by atoms with Crippen molar-refractivity contribution in [3.05, 3.63) is 24.3 Å². The van der Waals surface area contributed by atoms with Crippen LogP contribution >= 0.6 is 12.2 Å². The molecule has 0 saturated carbocycles. The normalized spacial score (nSPS) is 14.9. The van der Waals surface area contributed by atoms with Crippen molar-refractivity contribution in [3.63, 3.8) is 0 Å². The molecule has 1 aromatic rings. The molecule has 1 heterocycles. The van der Waals surface area contributed by atoms with E-state index < -0.39 is 12.1 Å². The standard InChI is InChI=1S/C15H17F3N4O2S/c1-10(23)19-14(25)20-11-2-4-12(5-3-11)21-6-8-22(9-7-21)13(24)15(16,17)18/h2-5H,6-9H2,1H3,(H2,19,20,23,25). The Hall–Kier alpha value is -2.36. The molecule has 0 unspecified atom stereocenters. The van der Waals surface area contributed by atoms with E-state index in [1.165, 1.54) is 6.92 Å². The molecule has 0 aliphatic carbocycles. The second-order valence-electron chi connectivity index (χ2n) is 5.46. The van der Waals surface area contributed by atoms with E-state index in [4.69, 9.17) is 12.2 Å². The molecule has 25 heavy (non-hydrogen) atoms. The number of thiocarbonyl (C=S) groups is 1. The Kier molecular flexibility index (Phi) is 5.83. The van der Waals surface area contributed by atoms with Crippen LogP contribution in [0.1, 0.15) is 6.92 Å². The van der Waals surface area contributed by atoms with Crippen molar-refractivity contribution in [1.29, 1.82) is 0 Å². The van der Waals surface area contributed by atoms with Gasteiger partial charge in [-0.25, -0.2) is 0 Å². The summed E-state index contributed by atoms with van der Waals surface area (Å²) >= 11 is 4.95. The molecule has 1 aliphatic rings. The first-order chi connectivity index (χ1) is 11.7. The molecule has 0 radical (unpaired) electrons. The summed E-state index contributed by atoms with van der Waals surface area (Å²) in [5, 5.41) is 5.46. The number of alkyl halides is 3. The minimum Gasteiger partial charge on any atom is -0.368 e. The van der Waals surface area contributed by atoms with Crippen molar-refractivity contribution in [2.75, 3.05) is 36.4 Å². The van der Waals surface area contributed by atoms with Crippen molar-refractivity contribution in [2.45, 2.75) is 13.1 Å². The number of hydrogen-bond acceptors (Lipinski definition) is 4. The van der Waals surface area contributed by atoms with Crippen molar-refractivity contribution in [2.24, 2.45) is 0 Å². The lowest BCUT2D eigenvalue weighted by Crippen LogP contribution is -2.52. The summed E-state index contributed by atoms with van der Waals surface area (Å²) in [6.45, 7) is 2.02. The summed E-state index contributed by atoms with van der Waals surface area (Å²) in [5.74, 6) is -2.07. The molecule has 10 heteroatoms. The van der Waals surface area contributed by atoms with Gasteiger partial charge in [0.15, 0.2) is 5.11 Å². The molecule has 1 saturated heterocycles. The largest absolute Gasteiger partial charge is 0.471 e. The number of rotatable bonds is 2. The summed E-state index contributed by atoms with van der Waals surface area (Å²) in [7, 11) is 0. The van der Waals surface area contributed by atoms with E-state index >= 15 is 0 Å². The molecular weight excluding hydrogens is 357 g/mol. The van der Waals surface area contributed by atoms with E-state index in [0.717, 1.165) is 10.6 Å². The molecule has 0 atom stereocenters. The quantitative estimate of drug-likeness (QED) is 0.772. The van der Waals surface area contributed by atoms with Crippen molar-refractivity contribution < 1.29 is 22.8 Å². The zero-order chi connectivity index (χ0) is 18.6. The molecule has 136 valence electrons. The van der Waals surface area contributed by atoms with Gasteiger partial charge >= 0.3 is 12.1 Å². The maximum Gasteiger partial charge on any atom is 0.471 e. The van der Waals surface area contributed by atoms with Crippen LogP contribution in [0.25, 0.3) is 0 Å². The van der Waals surface area contributed by atoms with Crippen molar-refractivity contribution >= 4 is 40.5 Å². The first-order valence-corrected chi connectivity index (χ1v) is 7.87. The molecule has 1 fully saturated rings. The zero-order valence-corrected chi connectivity index (χ0v) is 14.2. The van der Waals surface area contributed by atoms with Gasteiger partial charge in [-0.3, -0.25) is 9.59 Å². The van der Waals surface area contributed by atoms with Crippen LogP contribution in [0, 0.1) is 0 Å². The van der Waals surface area contributed by atoms with Gasteiger partial charge in [-0.15, -0.1) is 0 Å². The summed E-state index contributed by atoms with van der Waals surface area (Å²) in [5.41, 5.74) is 1.50. The van der Waals surface area contributed by atoms with E-state index in [1.807, 2.05) is 4.90 Å². The van der Waals surface area contributed by atoms with Crippen LogP contribution in [-0.2, 0) is 9.59 Å². The Morgan fingerprint density at radius 3 is 2.12 bits per heavy atom. The van der Waals surface area contributed by atoms with E-state index in [2.05, 4.69) is 10.6 Å². The highest BCUT2D eigenvalue weighted by Gasteiger charge is 2.43. The molecule has 0 bridgehead atoms. The van der Waals surface area contributed by atoms with Crippen LogP contribution in [-0.4, -0.2) is 54.2 Å². The second-order valence-corrected chi connectivity index (χ2v) is 5.87. The third-order valence-electron chi connectivity index (χ3n) is 3.59. The Labute approximate surface area is 148 Å². The van der Waals surface area contributed by atoms with Gasteiger partial charge in [-0.05, 0) is 36.5 Å². The molecule has 2 amide bonds. The first-order valence-electron chi connectivity index (χ1n) is 7.46. The second kappa shape index (κ2) is 7.68. The molecule has 1 aliphatic heterocycles. The average Bonchev–Trinajstić information content (AvgIpc) is 2.53. The smallest absolute Gasteiger partial charge is 0.368 e. The SMILES string of the molecule is CC(=O)NC(=S)Nc1ccc(N2CCN(C(=O)C(F)(F)F)CC2)cc1. The summed E-state index contributed by atoms with van der Waals surface area (Å²) in [6, 6.07) is 7.08. The molecule has 2 N–H and O–H groups in total. The lowest BCUT2D eigenvalue weighted by atomic mass is 10.2. The van der Waals surface area contributed by atoms with Gasteiger partial charge in [0, 0.05) is 44.5 Å². The summed E-state index contributed by atoms with van der Waals surface area (Å²) in [6.07, 6.45) is -4.83. The Morgan fingerprint density at radius 2 is 1.64 bits per heavy atom. The number of halogens is 3. The van der Waals surface area contributed by atoms with Crippen molar-refractivity contribution in [3.8, 4) is 0 Å². The number of carbonyl (C=O) groups excluding carboxylic acids is 2. The monoisotopic (exact) mass is 374 g/mol. The highest BCUT2D eigenvalue weighted by Crippen LogP contribution is 2.22. The number of amides is 2. The number of hydrogen-bond donors (Lipinski definition) is 2. The maximum absolute atomic E-state index is 12.4. The van der Waals surface area contributed by atoms with Crippen LogP contribution < -0.4 is 15.5 Å². The van der Waals surface area contributed by atoms with E-state index in [0.29, 0.717) is 18.8 Å². The van der Waals surface area contributed by atoms with Gasteiger partial charge in [0.25, 0.3) is 0 Å². The van der Waals surface area contributed by atoms with Gasteiger partial charge in [0.05, 0.1) is 0 Å². The predicted molar refractivity (Wildman–Crippen MR) is 91.3 cm³/mol. The fourth-order valence-electron chi connectivity index (χ4n) is 2.42. The van der Waals surface area contributed by atoms with Crippen LogP contribution in [0.2, 0.25) is 0 Å². The molecule has 0 aromatic heterocycles. The van der Waals surface area contributed by atoms with Gasteiger partial charge in [0.1, 0.15) is 0 Å². The fourth-order valence-corrected chi connectivity index (χ4v) is 2.69. The van der Waals surface area contributed by atoms with E-state index in [9.17, 15) is 22.8 Å². The van der Waals surface area contributed by atoms with E-state index in [1.54, 1.807) is 24.3 Å². The van der Waals surface area contributed by atoms with Crippen molar-refractivity contribution in [1.82, 2.24) is 10.2 Å². The average molecular weight is 374 g/mol. The first kappa shape index (κ1) is 19.0. The highest BCUT2D eigenvalue weighted by atomic mass is 32.1. The number of benzene rings is 1. The summed E-state index contributed by atoms with van der Waals surface area (Å²) < 4.78 is 37.3. The molecule has 2 rings (SSSR count). The lowest BCUT2D eigenvalue weighted by molar-refractivity contribution is -0.185. The van der Waals surface area contributed by atoms with E-state index in [-0.39, 0.29) is 24.1 Å². The number of anilines is 2. The maximum atomic E-state index is 12.4. The molecule has 0 spiro atoms. The van der Waals surface area contributed by atoms with Gasteiger partial charge in [-0.1, -0.05) is 0 Å². The third kappa shape index (κ3) is 5.31. The van der Waals surface area contributed by atoms with Crippen LogP contribution in [0.3, 0.4) is 0 Å². The lowest BCUT2D eigenvalue weighted by Gasteiger charge is -2.36. The number of nitrogens with zero attached hydrogens (tertiary/aromatic N) is 2. The molecule has 6 nitrogen and oxygen atoms in total. The predicted octanol–water partition coefficient (Wildman–Crippen LogP) is 1.73. The highest BCUT2D eigenvalue weighted by molar-refractivity contribution is 7.80. The fraction of sp³-hybridized carbons (Fsp3) is 0.400. The topological polar surface area (TPSA) is 64.7 Å². The molecular formula is C15H17F3N4O2S. The zero-order valence-electron chi connectivity index (χ0n) is 13.4. The third-order valence-corrected chi connectivity index (χ3v) is 3.79. The van der Waals surface area contributed by atoms with Crippen LogP contribution in [0.15, 0.2) is 24.3 Å². The van der Waals surface area contributed by atoms with Crippen LogP contribution in [0.4, 0.5) is 24.5 Å². The number of piperazine rings is 1. The molecule has 1 aromatic carbocycles. The van der Waals surface area contributed by atoms with Gasteiger partial charge < -0.3 is 20.4 Å². The Balaban J connectivity index is 1.90. The minimum absolute atomic E-state index is 0.0188. The van der Waals surface area contributed by atoms with Gasteiger partial charge in [-0.2, -0.15) is 13.2 Å². The minimum atomic E-state index is -4.83. The number of carbonyl (C=O) groups is 2. The van der Waals surface area contributed by atoms with Crippen LogP contribution in [0.5, 0.6) is 0 Å². The van der Waals surface area contributed by atoms with Gasteiger partial charge in [0.2, 0.25) is 5.91 Å². The Morgan fingerprint density at radius 1 is 1.08 bits per heavy atom. The number of nitrogens with one attached hydrogen (secondary N) is 2. The summed E-state index contributed by atoms with van der Waals surface area (Å²) in [4.78, 5) is 24.8. The Bertz CT molecular complexity index is 656.